The zero-order valence-electron chi connectivity index (χ0n) is 6.67. The van der Waals surface area contributed by atoms with Gasteiger partial charge in [0.2, 0.25) is 0 Å². The Hall–Kier alpha value is -0.610. The number of methoxy groups -OCH3 is 1. The number of carbonyl (C=O) groups excluding carboxylic acids is 1. The van der Waals surface area contributed by atoms with Crippen molar-refractivity contribution in [1.29, 1.82) is 0 Å². The summed E-state index contributed by atoms with van der Waals surface area (Å²) in [6.45, 7) is 1.49. The Kier molecular flexibility index (Phi) is 2.84. The molecule has 4 nitrogen and oxygen atoms in total. The van der Waals surface area contributed by atoms with Gasteiger partial charge in [-0.3, -0.25) is 4.79 Å². The molecule has 1 fully saturated rings. The minimum Gasteiger partial charge on any atom is -0.469 e. The lowest BCUT2D eigenvalue weighted by Gasteiger charge is -2.25. The molecule has 1 saturated heterocycles. The summed E-state index contributed by atoms with van der Waals surface area (Å²) in [6.07, 6.45) is 0.736. The van der Waals surface area contributed by atoms with Crippen molar-refractivity contribution in [1.82, 2.24) is 5.32 Å². The van der Waals surface area contributed by atoms with Crippen LogP contribution < -0.4 is 11.1 Å². The molecule has 0 aliphatic carbocycles. The number of hydrogen-bond acceptors (Lipinski definition) is 4. The minimum atomic E-state index is -0.160. The van der Waals surface area contributed by atoms with E-state index < -0.39 is 0 Å². The summed E-state index contributed by atoms with van der Waals surface area (Å²) >= 11 is 0. The molecule has 1 aliphatic rings. The average molecular weight is 158 g/mol. The average Bonchev–Trinajstić information content (AvgIpc) is 2.03. The van der Waals surface area contributed by atoms with Crippen LogP contribution in [0.2, 0.25) is 0 Å². The van der Waals surface area contributed by atoms with Crippen LogP contribution in [-0.4, -0.2) is 32.2 Å². The van der Waals surface area contributed by atoms with E-state index in [2.05, 4.69) is 10.1 Å². The van der Waals surface area contributed by atoms with Gasteiger partial charge in [-0.2, -0.15) is 0 Å². The molecule has 1 rings (SSSR count). The van der Waals surface area contributed by atoms with Gasteiger partial charge in [0.15, 0.2) is 0 Å². The SMILES string of the molecule is COC(=O)C1CNCC(N)C1. The predicted molar refractivity (Wildman–Crippen MR) is 41.0 cm³/mol. The fraction of sp³-hybridized carbons (Fsp3) is 0.857. The summed E-state index contributed by atoms with van der Waals surface area (Å²) in [5, 5.41) is 3.07. The Balaban J connectivity index is 2.39. The first kappa shape index (κ1) is 8.49. The molecule has 1 heterocycles. The molecule has 0 saturated carbocycles. The van der Waals surface area contributed by atoms with Gasteiger partial charge in [-0.05, 0) is 6.42 Å². The Morgan fingerprint density at radius 2 is 2.36 bits per heavy atom. The number of piperidine rings is 1. The van der Waals surface area contributed by atoms with Gasteiger partial charge in [-0.15, -0.1) is 0 Å². The number of esters is 1. The molecule has 0 bridgehead atoms. The summed E-state index contributed by atoms with van der Waals surface area (Å²) in [7, 11) is 1.41. The molecular formula is C7H14N2O2. The Morgan fingerprint density at radius 3 is 2.91 bits per heavy atom. The molecule has 1 aliphatic heterocycles. The standard InChI is InChI=1S/C7H14N2O2/c1-11-7(10)5-2-6(8)4-9-3-5/h5-6,9H,2-4,8H2,1H3. The number of carbonyl (C=O) groups is 1. The van der Waals surface area contributed by atoms with Gasteiger partial charge in [-0.1, -0.05) is 0 Å². The van der Waals surface area contributed by atoms with Gasteiger partial charge in [-0.25, -0.2) is 0 Å². The van der Waals surface area contributed by atoms with Crippen molar-refractivity contribution in [3.63, 3.8) is 0 Å². The van der Waals surface area contributed by atoms with Crippen LogP contribution in [-0.2, 0) is 9.53 Å². The van der Waals surface area contributed by atoms with Gasteiger partial charge in [0.05, 0.1) is 13.0 Å². The molecule has 2 atom stereocenters. The third-order valence-electron chi connectivity index (χ3n) is 1.92. The van der Waals surface area contributed by atoms with Crippen LogP contribution in [0.1, 0.15) is 6.42 Å². The Bertz CT molecular complexity index is 149. The molecule has 0 radical (unpaired) electrons. The van der Waals surface area contributed by atoms with Gasteiger partial charge < -0.3 is 15.8 Å². The highest BCUT2D eigenvalue weighted by molar-refractivity contribution is 5.72. The Labute approximate surface area is 66.1 Å². The molecule has 0 aromatic heterocycles. The summed E-state index contributed by atoms with van der Waals surface area (Å²) in [6, 6.07) is 0.0906. The Morgan fingerprint density at radius 1 is 1.64 bits per heavy atom. The molecular weight excluding hydrogens is 144 g/mol. The van der Waals surface area contributed by atoms with Crippen molar-refractivity contribution in [2.45, 2.75) is 12.5 Å². The third kappa shape index (κ3) is 2.17. The molecule has 0 spiro atoms. The van der Waals surface area contributed by atoms with Crippen LogP contribution in [0.5, 0.6) is 0 Å². The molecule has 3 N–H and O–H groups in total. The van der Waals surface area contributed by atoms with Gasteiger partial charge in [0.1, 0.15) is 0 Å². The maximum Gasteiger partial charge on any atom is 0.310 e. The van der Waals surface area contributed by atoms with E-state index in [1.54, 1.807) is 0 Å². The van der Waals surface area contributed by atoms with Crippen molar-refractivity contribution in [2.24, 2.45) is 11.7 Å². The van der Waals surface area contributed by atoms with Crippen LogP contribution in [0.25, 0.3) is 0 Å². The molecule has 0 amide bonds. The minimum absolute atomic E-state index is 0.0521. The van der Waals surface area contributed by atoms with Crippen molar-refractivity contribution in [3.8, 4) is 0 Å². The largest absolute Gasteiger partial charge is 0.469 e. The summed E-state index contributed by atoms with van der Waals surface area (Å²) < 4.78 is 4.60. The zero-order valence-corrected chi connectivity index (χ0v) is 6.67. The second kappa shape index (κ2) is 3.69. The lowest BCUT2D eigenvalue weighted by atomic mass is 9.97. The maximum atomic E-state index is 11.0. The molecule has 0 aromatic carbocycles. The fourth-order valence-corrected chi connectivity index (χ4v) is 1.32. The van der Waals surface area contributed by atoms with Crippen molar-refractivity contribution >= 4 is 5.97 Å². The zero-order chi connectivity index (χ0) is 8.27. The van der Waals surface area contributed by atoms with E-state index in [9.17, 15) is 4.79 Å². The van der Waals surface area contributed by atoms with Crippen LogP contribution >= 0.6 is 0 Å². The van der Waals surface area contributed by atoms with E-state index in [-0.39, 0.29) is 17.9 Å². The van der Waals surface area contributed by atoms with Crippen LogP contribution in [0.3, 0.4) is 0 Å². The highest BCUT2D eigenvalue weighted by Crippen LogP contribution is 2.10. The quantitative estimate of drug-likeness (QED) is 0.485. The van der Waals surface area contributed by atoms with E-state index in [0.29, 0.717) is 6.54 Å². The maximum absolute atomic E-state index is 11.0. The number of nitrogens with one attached hydrogen (secondary N) is 1. The van der Waals surface area contributed by atoms with Crippen molar-refractivity contribution in [3.05, 3.63) is 0 Å². The van der Waals surface area contributed by atoms with E-state index in [4.69, 9.17) is 5.73 Å². The lowest BCUT2D eigenvalue weighted by Crippen LogP contribution is -2.46. The van der Waals surface area contributed by atoms with Gasteiger partial charge in [0, 0.05) is 19.1 Å². The number of nitrogens with two attached hydrogens (primary N) is 1. The lowest BCUT2D eigenvalue weighted by molar-refractivity contribution is -0.146. The van der Waals surface area contributed by atoms with Crippen LogP contribution in [0, 0.1) is 5.92 Å². The molecule has 4 heteroatoms. The predicted octanol–water partition coefficient (Wildman–Crippen LogP) is -0.904. The van der Waals surface area contributed by atoms with Crippen molar-refractivity contribution < 1.29 is 9.53 Å². The number of rotatable bonds is 1. The molecule has 0 aromatic rings. The monoisotopic (exact) mass is 158 g/mol. The first-order chi connectivity index (χ1) is 5.24. The van der Waals surface area contributed by atoms with Crippen molar-refractivity contribution in [2.75, 3.05) is 20.2 Å². The molecule has 64 valence electrons. The second-order valence-corrected chi connectivity index (χ2v) is 2.87. The normalized spacial score (nSPS) is 31.5. The molecule has 2 unspecified atom stereocenters. The number of ether oxygens (including phenoxy) is 1. The van der Waals surface area contributed by atoms with Crippen LogP contribution in [0.15, 0.2) is 0 Å². The second-order valence-electron chi connectivity index (χ2n) is 2.87. The van der Waals surface area contributed by atoms with E-state index >= 15 is 0 Å². The van der Waals surface area contributed by atoms with Gasteiger partial charge >= 0.3 is 5.97 Å². The summed E-state index contributed by atoms with van der Waals surface area (Å²) in [5.74, 6) is -0.212. The first-order valence-electron chi connectivity index (χ1n) is 3.78. The third-order valence-corrected chi connectivity index (χ3v) is 1.92. The number of hydrogen-bond donors (Lipinski definition) is 2. The topological polar surface area (TPSA) is 64.3 Å². The van der Waals surface area contributed by atoms with E-state index in [1.807, 2.05) is 0 Å². The summed E-state index contributed by atoms with van der Waals surface area (Å²) in [5.41, 5.74) is 5.65. The van der Waals surface area contributed by atoms with E-state index in [0.717, 1.165) is 13.0 Å². The summed E-state index contributed by atoms with van der Waals surface area (Å²) in [4.78, 5) is 11.0. The smallest absolute Gasteiger partial charge is 0.310 e. The molecule has 11 heavy (non-hydrogen) atoms. The fourth-order valence-electron chi connectivity index (χ4n) is 1.32. The van der Waals surface area contributed by atoms with Gasteiger partial charge in [0.25, 0.3) is 0 Å². The van der Waals surface area contributed by atoms with Crippen LogP contribution in [0.4, 0.5) is 0 Å². The highest BCUT2D eigenvalue weighted by Gasteiger charge is 2.25. The highest BCUT2D eigenvalue weighted by atomic mass is 16.5. The van der Waals surface area contributed by atoms with E-state index in [1.165, 1.54) is 7.11 Å². The first-order valence-corrected chi connectivity index (χ1v) is 3.78.